The van der Waals surface area contributed by atoms with Crippen molar-refractivity contribution >= 4 is 28.7 Å². The summed E-state index contributed by atoms with van der Waals surface area (Å²) >= 11 is 0. The second-order valence-corrected chi connectivity index (χ2v) is 9.60. The molecule has 1 fully saturated rings. The highest BCUT2D eigenvalue weighted by Crippen LogP contribution is 2.39. The van der Waals surface area contributed by atoms with Crippen molar-refractivity contribution in [1.82, 2.24) is 19.9 Å². The van der Waals surface area contributed by atoms with Gasteiger partial charge in [0.2, 0.25) is 0 Å². The molecule has 0 aliphatic carbocycles. The van der Waals surface area contributed by atoms with Gasteiger partial charge in [-0.05, 0) is 44.2 Å². The fraction of sp³-hybridized carbons (Fsp3) is 0.370. The van der Waals surface area contributed by atoms with E-state index in [-0.39, 0.29) is 29.1 Å². The van der Waals surface area contributed by atoms with E-state index in [1.807, 2.05) is 4.90 Å². The van der Waals surface area contributed by atoms with Crippen molar-refractivity contribution in [3.05, 3.63) is 71.1 Å². The van der Waals surface area contributed by atoms with Crippen LogP contribution in [0.5, 0.6) is 0 Å². The number of nitrogens with one attached hydrogen (secondary N) is 2. The van der Waals surface area contributed by atoms with Gasteiger partial charge in [0.05, 0.1) is 34.8 Å². The summed E-state index contributed by atoms with van der Waals surface area (Å²) in [5.41, 5.74) is 1.47. The molecule has 40 heavy (non-hydrogen) atoms. The molecular weight excluding hydrogens is 523 g/mol. The van der Waals surface area contributed by atoms with E-state index in [1.54, 1.807) is 13.0 Å². The number of amides is 1. The van der Waals surface area contributed by atoms with Crippen molar-refractivity contribution in [2.75, 3.05) is 54.5 Å². The maximum absolute atomic E-state index is 14.0. The number of nitrogens with zero attached hydrogens (tertiary/aromatic N) is 6. The third-order valence-corrected chi connectivity index (χ3v) is 6.97. The zero-order valence-electron chi connectivity index (χ0n) is 22.6. The Hall–Kier alpha value is -4.10. The summed E-state index contributed by atoms with van der Waals surface area (Å²) in [7, 11) is 0. The van der Waals surface area contributed by atoms with Crippen LogP contribution in [0.2, 0.25) is 0 Å². The average Bonchev–Trinajstić information content (AvgIpc) is 2.94. The van der Waals surface area contributed by atoms with Gasteiger partial charge in [-0.3, -0.25) is 9.78 Å². The predicted octanol–water partition coefficient (Wildman–Crippen LogP) is 3.65. The van der Waals surface area contributed by atoms with Crippen molar-refractivity contribution in [1.29, 1.82) is 5.41 Å². The molecule has 0 radical (unpaired) electrons. The number of piperazine rings is 1. The predicted molar refractivity (Wildman–Crippen MR) is 148 cm³/mol. The van der Waals surface area contributed by atoms with Gasteiger partial charge in [0, 0.05) is 61.7 Å². The molecule has 1 aliphatic rings. The minimum Gasteiger partial charge on any atom is -0.369 e. The SMILES string of the molecule is CCN1CCN(c2cc(NC(=O)c3cnc(C)c(N(N)CC(=N)c4cncnc4)c3)cc(C(F)(F)F)c2C)CC1. The molecule has 1 amide bonds. The van der Waals surface area contributed by atoms with E-state index in [4.69, 9.17) is 11.3 Å². The molecule has 0 atom stereocenters. The molecule has 10 nitrogen and oxygen atoms in total. The molecule has 13 heteroatoms. The van der Waals surface area contributed by atoms with Crippen molar-refractivity contribution in [3.8, 4) is 0 Å². The molecule has 0 saturated carbocycles. The van der Waals surface area contributed by atoms with Gasteiger partial charge in [-0.2, -0.15) is 13.2 Å². The van der Waals surface area contributed by atoms with Gasteiger partial charge in [-0.1, -0.05) is 6.92 Å². The molecule has 1 aromatic carbocycles. The number of pyridine rings is 1. The number of carbonyl (C=O) groups excluding carboxylic acids is 1. The van der Waals surface area contributed by atoms with Crippen molar-refractivity contribution in [2.24, 2.45) is 5.84 Å². The number of aryl methyl sites for hydroxylation is 1. The molecule has 2 aromatic heterocycles. The lowest BCUT2D eigenvalue weighted by Gasteiger charge is -2.37. The van der Waals surface area contributed by atoms with Crippen LogP contribution in [0.4, 0.5) is 30.2 Å². The first-order valence-electron chi connectivity index (χ1n) is 12.8. The lowest BCUT2D eigenvalue weighted by molar-refractivity contribution is -0.138. The average molecular weight is 556 g/mol. The number of alkyl halides is 3. The molecule has 3 heterocycles. The summed E-state index contributed by atoms with van der Waals surface area (Å²) in [4.78, 5) is 29.4. The van der Waals surface area contributed by atoms with Gasteiger partial charge in [0.1, 0.15) is 6.33 Å². The van der Waals surface area contributed by atoms with Crippen LogP contribution in [0, 0.1) is 19.3 Å². The Labute approximate surface area is 230 Å². The van der Waals surface area contributed by atoms with E-state index in [0.717, 1.165) is 25.7 Å². The molecule has 1 saturated heterocycles. The highest BCUT2D eigenvalue weighted by Gasteiger charge is 2.35. The third-order valence-electron chi connectivity index (χ3n) is 6.97. The van der Waals surface area contributed by atoms with Crippen LogP contribution < -0.4 is 21.1 Å². The summed E-state index contributed by atoms with van der Waals surface area (Å²) in [5.74, 6) is 5.58. The Morgan fingerprint density at radius 1 is 1.07 bits per heavy atom. The second-order valence-electron chi connectivity index (χ2n) is 9.60. The Kier molecular flexibility index (Phi) is 8.64. The van der Waals surface area contributed by atoms with Gasteiger partial charge < -0.3 is 25.5 Å². The number of anilines is 3. The number of halogens is 3. The maximum Gasteiger partial charge on any atom is 0.416 e. The molecule has 3 aromatic rings. The normalized spacial score (nSPS) is 14.2. The first-order valence-corrected chi connectivity index (χ1v) is 12.8. The Bertz CT molecular complexity index is 1370. The topological polar surface area (TPSA) is 127 Å². The van der Waals surface area contributed by atoms with Crippen LogP contribution in [0.25, 0.3) is 0 Å². The molecule has 0 bridgehead atoms. The van der Waals surface area contributed by atoms with Crippen LogP contribution in [-0.2, 0) is 6.18 Å². The Morgan fingerprint density at radius 3 is 2.38 bits per heavy atom. The number of nitrogens with two attached hydrogens (primary N) is 1. The van der Waals surface area contributed by atoms with E-state index in [9.17, 15) is 18.0 Å². The van der Waals surface area contributed by atoms with Gasteiger partial charge in [0.25, 0.3) is 5.91 Å². The summed E-state index contributed by atoms with van der Waals surface area (Å²) in [5, 5.41) is 12.2. The summed E-state index contributed by atoms with van der Waals surface area (Å²) in [6.07, 6.45) is 1.09. The molecule has 1 aliphatic heterocycles. The molecular formula is C27H32F3N9O. The van der Waals surface area contributed by atoms with Crippen LogP contribution in [-0.4, -0.2) is 70.7 Å². The molecule has 4 rings (SSSR count). The molecule has 0 unspecified atom stereocenters. The van der Waals surface area contributed by atoms with Crippen LogP contribution in [0.3, 0.4) is 0 Å². The number of benzene rings is 1. The second kappa shape index (κ2) is 12.0. The number of likely N-dealkylation sites (N-methyl/N-ethyl adjacent to an activating group) is 1. The highest BCUT2D eigenvalue weighted by molar-refractivity contribution is 6.05. The maximum atomic E-state index is 14.0. The number of hydrogen-bond acceptors (Lipinski definition) is 9. The fourth-order valence-electron chi connectivity index (χ4n) is 4.64. The minimum atomic E-state index is -4.59. The molecule has 4 N–H and O–H groups in total. The van der Waals surface area contributed by atoms with Gasteiger partial charge in [-0.25, -0.2) is 15.8 Å². The summed E-state index contributed by atoms with van der Waals surface area (Å²) in [6.45, 7) is 8.75. The van der Waals surface area contributed by atoms with Gasteiger partial charge in [-0.15, -0.1) is 0 Å². The standard InChI is InChI=1S/C27H32F3N9O/c1-4-37-5-7-38(8-6-37)24-11-21(10-22(17(24)2)27(28,29)30)36-26(40)19-9-25(18(3)35-14-19)39(32)15-23(31)20-12-33-16-34-13-20/h9-14,16,31H,4-8,15,32H2,1-3H3,(H,36,40). The summed E-state index contributed by atoms with van der Waals surface area (Å²) in [6, 6.07) is 4.04. The number of hydrogen-bond donors (Lipinski definition) is 3. The minimum absolute atomic E-state index is 0.0114. The van der Waals surface area contributed by atoms with E-state index in [2.05, 4.69) is 32.1 Å². The molecule has 0 spiro atoms. The van der Waals surface area contributed by atoms with E-state index in [1.165, 1.54) is 42.9 Å². The van der Waals surface area contributed by atoms with Crippen molar-refractivity contribution in [3.63, 3.8) is 0 Å². The Balaban J connectivity index is 1.58. The summed E-state index contributed by atoms with van der Waals surface area (Å²) < 4.78 is 41.9. The largest absolute Gasteiger partial charge is 0.416 e. The van der Waals surface area contributed by atoms with E-state index in [0.29, 0.717) is 35.7 Å². The van der Waals surface area contributed by atoms with Gasteiger partial charge >= 0.3 is 6.18 Å². The third kappa shape index (κ3) is 6.54. The molecule has 212 valence electrons. The first-order chi connectivity index (χ1) is 19.0. The van der Waals surface area contributed by atoms with Gasteiger partial charge in [0.15, 0.2) is 0 Å². The first kappa shape index (κ1) is 28.9. The zero-order chi connectivity index (χ0) is 29.0. The number of rotatable bonds is 8. The lowest BCUT2D eigenvalue weighted by atomic mass is 10.0. The number of hydrazine groups is 1. The monoisotopic (exact) mass is 555 g/mol. The lowest BCUT2D eigenvalue weighted by Crippen LogP contribution is -2.46. The zero-order valence-corrected chi connectivity index (χ0v) is 22.6. The van der Waals surface area contributed by atoms with E-state index < -0.39 is 17.6 Å². The quantitative estimate of drug-likeness (QED) is 0.218. The van der Waals surface area contributed by atoms with Crippen LogP contribution in [0.15, 0.2) is 43.1 Å². The van der Waals surface area contributed by atoms with E-state index >= 15 is 0 Å². The fourth-order valence-corrected chi connectivity index (χ4v) is 4.64. The van der Waals surface area contributed by atoms with Crippen molar-refractivity contribution < 1.29 is 18.0 Å². The van der Waals surface area contributed by atoms with Crippen LogP contribution >= 0.6 is 0 Å². The smallest absolute Gasteiger partial charge is 0.369 e. The van der Waals surface area contributed by atoms with Crippen molar-refractivity contribution in [2.45, 2.75) is 26.9 Å². The van der Waals surface area contributed by atoms with Crippen LogP contribution in [0.1, 0.15) is 39.7 Å². The highest BCUT2D eigenvalue weighted by atomic mass is 19.4. The number of aromatic nitrogens is 3. The Morgan fingerprint density at radius 2 is 1.75 bits per heavy atom. The number of carbonyl (C=O) groups is 1.